The minimum atomic E-state index is -0.602. The average Bonchev–Trinajstić information content (AvgIpc) is 2.81. The number of carbonyl (C=O) groups is 1. The molecule has 2 rings (SSSR count). The van der Waals surface area contributed by atoms with Crippen LogP contribution in [0.15, 0.2) is 9.59 Å². The van der Waals surface area contributed by atoms with E-state index in [0.717, 1.165) is 6.42 Å². The molecule has 24 heavy (non-hydrogen) atoms. The Bertz CT molecular complexity index is 869. The van der Waals surface area contributed by atoms with E-state index in [1.165, 1.54) is 11.6 Å². The van der Waals surface area contributed by atoms with Crippen molar-refractivity contribution >= 4 is 17.3 Å². The number of aryl methyl sites for hydroxylation is 2. The number of alkyl carbamates (subject to hydrolysis) is 1. The number of carbonyl (C=O) groups excluding carboxylic acids is 1. The molecule has 2 aromatic heterocycles. The van der Waals surface area contributed by atoms with Crippen LogP contribution >= 0.6 is 0 Å². The number of amides is 1. The molecule has 0 spiro atoms. The number of rotatable bonds is 4. The first-order valence-electron chi connectivity index (χ1n) is 7.79. The number of nitrogens with zero attached hydrogens (tertiary/aromatic N) is 3. The summed E-state index contributed by atoms with van der Waals surface area (Å²) in [5, 5.41) is 2.62. The van der Waals surface area contributed by atoms with E-state index in [1.54, 1.807) is 25.3 Å². The van der Waals surface area contributed by atoms with Gasteiger partial charge in [0.1, 0.15) is 11.4 Å². The van der Waals surface area contributed by atoms with Crippen LogP contribution in [-0.2, 0) is 24.9 Å². The Morgan fingerprint density at radius 3 is 2.58 bits per heavy atom. The molecule has 0 aliphatic heterocycles. The predicted octanol–water partition coefficient (Wildman–Crippen LogP) is 0.858. The van der Waals surface area contributed by atoms with Gasteiger partial charge in [0.2, 0.25) is 0 Å². The fraction of sp³-hybridized carbons (Fsp3) is 0.600. The highest BCUT2D eigenvalue weighted by molar-refractivity contribution is 5.71. The van der Waals surface area contributed by atoms with Crippen molar-refractivity contribution in [2.45, 2.75) is 52.8 Å². The van der Waals surface area contributed by atoms with Crippen molar-refractivity contribution in [3.8, 4) is 0 Å². The van der Waals surface area contributed by atoms with Gasteiger partial charge in [-0.25, -0.2) is 14.6 Å². The van der Waals surface area contributed by atoms with Gasteiger partial charge < -0.3 is 14.6 Å². The lowest BCUT2D eigenvalue weighted by Gasteiger charge is -2.19. The first kappa shape index (κ1) is 17.8. The van der Waals surface area contributed by atoms with Crippen molar-refractivity contribution in [1.82, 2.24) is 24.4 Å². The van der Waals surface area contributed by atoms with Gasteiger partial charge in [-0.15, -0.1) is 0 Å². The molecule has 0 fully saturated rings. The van der Waals surface area contributed by atoms with E-state index in [1.807, 2.05) is 6.92 Å². The molecule has 9 nitrogen and oxygen atoms in total. The van der Waals surface area contributed by atoms with E-state index < -0.39 is 22.9 Å². The number of nitrogens with one attached hydrogen (secondary N) is 2. The second-order valence-electron chi connectivity index (χ2n) is 6.53. The molecule has 0 aliphatic rings. The Hall–Kier alpha value is -2.58. The van der Waals surface area contributed by atoms with Crippen LogP contribution in [0, 0.1) is 0 Å². The molecule has 132 valence electrons. The molecular weight excluding hydrogens is 314 g/mol. The van der Waals surface area contributed by atoms with Crippen molar-refractivity contribution < 1.29 is 9.53 Å². The van der Waals surface area contributed by atoms with Crippen LogP contribution in [0.3, 0.4) is 0 Å². The van der Waals surface area contributed by atoms with Gasteiger partial charge in [-0.05, 0) is 27.2 Å². The molecule has 2 aromatic rings. The summed E-state index contributed by atoms with van der Waals surface area (Å²) in [5.74, 6) is 0.490. The summed E-state index contributed by atoms with van der Waals surface area (Å²) < 4.78 is 8.18. The van der Waals surface area contributed by atoms with Crippen molar-refractivity contribution in [1.29, 1.82) is 0 Å². The molecular formula is C15H23N5O4. The fourth-order valence-electron chi connectivity index (χ4n) is 2.34. The zero-order valence-corrected chi connectivity index (χ0v) is 14.6. The van der Waals surface area contributed by atoms with E-state index in [-0.39, 0.29) is 12.2 Å². The summed E-state index contributed by atoms with van der Waals surface area (Å²) in [7, 11) is 1.54. The molecule has 0 radical (unpaired) electrons. The molecule has 2 N–H and O–H groups in total. The van der Waals surface area contributed by atoms with Crippen molar-refractivity contribution in [3.05, 3.63) is 26.7 Å². The van der Waals surface area contributed by atoms with Gasteiger partial charge in [-0.3, -0.25) is 14.3 Å². The highest BCUT2D eigenvalue weighted by Gasteiger charge is 2.19. The molecule has 0 saturated carbocycles. The third-order valence-corrected chi connectivity index (χ3v) is 3.32. The Morgan fingerprint density at radius 2 is 2.00 bits per heavy atom. The number of imidazole rings is 1. The van der Waals surface area contributed by atoms with Crippen LogP contribution in [0.2, 0.25) is 0 Å². The quantitative estimate of drug-likeness (QED) is 0.859. The third-order valence-electron chi connectivity index (χ3n) is 3.32. The molecule has 0 aliphatic carbocycles. The average molecular weight is 337 g/mol. The molecule has 0 aromatic carbocycles. The second-order valence-corrected chi connectivity index (χ2v) is 6.53. The highest BCUT2D eigenvalue weighted by atomic mass is 16.6. The van der Waals surface area contributed by atoms with Crippen molar-refractivity contribution in [2.24, 2.45) is 7.05 Å². The maximum Gasteiger partial charge on any atom is 0.408 e. The van der Waals surface area contributed by atoms with E-state index >= 15 is 0 Å². The Morgan fingerprint density at radius 1 is 1.33 bits per heavy atom. The van der Waals surface area contributed by atoms with E-state index in [4.69, 9.17) is 4.74 Å². The lowest BCUT2D eigenvalue weighted by molar-refractivity contribution is 0.0521. The number of hydrogen-bond acceptors (Lipinski definition) is 5. The highest BCUT2D eigenvalue weighted by Crippen LogP contribution is 2.12. The molecule has 0 unspecified atom stereocenters. The van der Waals surface area contributed by atoms with Crippen LogP contribution in [0.5, 0.6) is 0 Å². The van der Waals surface area contributed by atoms with E-state index in [2.05, 4.69) is 15.3 Å². The number of aromatic nitrogens is 4. The Kier molecular flexibility index (Phi) is 4.81. The summed E-state index contributed by atoms with van der Waals surface area (Å²) in [6.45, 7) is 7.92. The third kappa shape index (κ3) is 3.66. The first-order valence-corrected chi connectivity index (χ1v) is 7.79. The lowest BCUT2D eigenvalue weighted by atomic mass is 10.2. The fourth-order valence-corrected chi connectivity index (χ4v) is 2.34. The number of H-pyrrole nitrogens is 1. The van der Waals surface area contributed by atoms with Crippen LogP contribution in [0.25, 0.3) is 11.2 Å². The van der Waals surface area contributed by atoms with Gasteiger partial charge >= 0.3 is 11.8 Å². The van der Waals surface area contributed by atoms with Gasteiger partial charge in [0, 0.05) is 13.6 Å². The van der Waals surface area contributed by atoms with Gasteiger partial charge in [0.05, 0.1) is 6.54 Å². The van der Waals surface area contributed by atoms with Gasteiger partial charge in [0.25, 0.3) is 5.56 Å². The van der Waals surface area contributed by atoms with Crippen LogP contribution < -0.4 is 16.6 Å². The molecule has 0 bridgehead atoms. The standard InChI is InChI=1S/C15H23N5O4/c1-6-7-20-9(8-16-14(23)24-15(2,3)4)17-11-10(20)12(21)18-13(22)19(11)5/h6-8H2,1-5H3,(H,16,23)(H,18,21,22). The van der Waals surface area contributed by atoms with E-state index in [9.17, 15) is 14.4 Å². The molecule has 2 heterocycles. The van der Waals surface area contributed by atoms with Crippen LogP contribution in [0.1, 0.15) is 39.9 Å². The lowest BCUT2D eigenvalue weighted by Crippen LogP contribution is -2.33. The topological polar surface area (TPSA) is 111 Å². The SMILES string of the molecule is CCCn1c(CNC(=O)OC(C)(C)C)nc2c1c(=O)[nH]c(=O)n2C. The zero-order valence-electron chi connectivity index (χ0n) is 14.6. The van der Waals surface area contributed by atoms with Crippen molar-refractivity contribution in [3.63, 3.8) is 0 Å². The summed E-state index contributed by atoms with van der Waals surface area (Å²) in [6.07, 6.45) is 0.202. The second kappa shape index (κ2) is 6.50. The minimum absolute atomic E-state index is 0.0945. The Balaban J connectivity index is 2.40. The normalized spacial score (nSPS) is 11.7. The van der Waals surface area contributed by atoms with Gasteiger partial charge in [-0.1, -0.05) is 6.92 Å². The van der Waals surface area contributed by atoms with Crippen LogP contribution in [-0.4, -0.2) is 30.8 Å². The maximum atomic E-state index is 12.1. The smallest absolute Gasteiger partial charge is 0.408 e. The summed E-state index contributed by atoms with van der Waals surface area (Å²) in [6, 6.07) is 0. The summed E-state index contributed by atoms with van der Waals surface area (Å²) in [5.41, 5.74) is -1.01. The summed E-state index contributed by atoms with van der Waals surface area (Å²) >= 11 is 0. The van der Waals surface area contributed by atoms with Crippen molar-refractivity contribution in [2.75, 3.05) is 0 Å². The molecule has 0 atom stereocenters. The molecule has 9 heteroatoms. The van der Waals surface area contributed by atoms with Gasteiger partial charge in [0.15, 0.2) is 11.2 Å². The first-order chi connectivity index (χ1) is 11.1. The number of hydrogen-bond donors (Lipinski definition) is 2. The monoisotopic (exact) mass is 337 g/mol. The molecule has 1 amide bonds. The zero-order chi connectivity index (χ0) is 18.1. The largest absolute Gasteiger partial charge is 0.444 e. The van der Waals surface area contributed by atoms with Gasteiger partial charge in [-0.2, -0.15) is 0 Å². The number of aromatic amines is 1. The summed E-state index contributed by atoms with van der Waals surface area (Å²) in [4.78, 5) is 42.3. The maximum absolute atomic E-state index is 12.1. The number of ether oxygens (including phenoxy) is 1. The number of fused-ring (bicyclic) bond motifs is 1. The van der Waals surface area contributed by atoms with Crippen LogP contribution in [0.4, 0.5) is 4.79 Å². The van der Waals surface area contributed by atoms with E-state index in [0.29, 0.717) is 17.9 Å². The Labute approximate surface area is 138 Å². The molecule has 0 saturated heterocycles. The minimum Gasteiger partial charge on any atom is -0.444 e. The predicted molar refractivity (Wildman–Crippen MR) is 89.0 cm³/mol.